The van der Waals surface area contributed by atoms with Gasteiger partial charge in [0.15, 0.2) is 17.5 Å². The normalized spacial score (nSPS) is 11.3. The van der Waals surface area contributed by atoms with E-state index in [-0.39, 0.29) is 0 Å². The van der Waals surface area contributed by atoms with Crippen LogP contribution in [0.4, 0.5) is 0 Å². The van der Waals surface area contributed by atoms with Crippen molar-refractivity contribution in [1.82, 2.24) is 14.8 Å². The highest BCUT2D eigenvalue weighted by atomic mass is 16.5. The summed E-state index contributed by atoms with van der Waals surface area (Å²) in [5.41, 5.74) is 2.14. The Kier molecular flexibility index (Phi) is 7.40. The average Bonchev–Trinajstić information content (AvgIpc) is 3.08. The zero-order valence-electron chi connectivity index (χ0n) is 17.1. The van der Waals surface area contributed by atoms with E-state index in [1.54, 1.807) is 21.3 Å². The van der Waals surface area contributed by atoms with Gasteiger partial charge in [0.05, 0.1) is 34.4 Å². The second kappa shape index (κ2) is 9.75. The number of rotatable bonds is 8. The van der Waals surface area contributed by atoms with E-state index in [1.165, 1.54) is 5.69 Å². The maximum Gasteiger partial charge on any atom is 0.194 e. The molecule has 2 aromatic rings. The molecule has 27 heavy (non-hydrogen) atoms. The number of aliphatic imine (C=N–C) groups is 1. The number of ether oxygens (including phenoxy) is 3. The standard InChI is InChI=1S/C20H30N4O3/c1-7-21-20(24(3)14-16-9-8-10-23(16)2)22-13-15-11-18(26-5)19(27-6)12-17(15)25-4/h8-12H,7,13-14H2,1-6H3,(H,21,22). The predicted octanol–water partition coefficient (Wildman–Crippen LogP) is 2.65. The molecule has 0 aliphatic heterocycles. The van der Waals surface area contributed by atoms with Gasteiger partial charge in [-0.1, -0.05) is 0 Å². The van der Waals surface area contributed by atoms with Crippen LogP contribution in [0.15, 0.2) is 35.5 Å². The summed E-state index contributed by atoms with van der Waals surface area (Å²) in [6.07, 6.45) is 2.04. The van der Waals surface area contributed by atoms with Crippen LogP contribution in [-0.2, 0) is 20.1 Å². The first-order valence-corrected chi connectivity index (χ1v) is 8.92. The molecule has 0 atom stereocenters. The van der Waals surface area contributed by atoms with E-state index < -0.39 is 0 Å². The van der Waals surface area contributed by atoms with Crippen molar-refractivity contribution in [1.29, 1.82) is 0 Å². The Morgan fingerprint density at radius 1 is 1.11 bits per heavy atom. The van der Waals surface area contributed by atoms with Gasteiger partial charge in [0.25, 0.3) is 0 Å². The zero-order valence-corrected chi connectivity index (χ0v) is 17.1. The van der Waals surface area contributed by atoms with Gasteiger partial charge in [0.1, 0.15) is 5.75 Å². The third-order valence-corrected chi connectivity index (χ3v) is 4.33. The first kappa shape index (κ1) is 20.5. The van der Waals surface area contributed by atoms with Crippen molar-refractivity contribution in [2.75, 3.05) is 34.9 Å². The largest absolute Gasteiger partial charge is 0.496 e. The molecule has 0 fully saturated rings. The molecule has 2 rings (SSSR count). The quantitative estimate of drug-likeness (QED) is 0.569. The molecule has 1 aromatic carbocycles. The van der Waals surface area contributed by atoms with Crippen molar-refractivity contribution in [3.8, 4) is 17.2 Å². The van der Waals surface area contributed by atoms with Crippen LogP contribution in [0.3, 0.4) is 0 Å². The van der Waals surface area contributed by atoms with E-state index >= 15 is 0 Å². The van der Waals surface area contributed by atoms with Gasteiger partial charge in [0.2, 0.25) is 0 Å². The Bertz CT molecular complexity index is 771. The summed E-state index contributed by atoms with van der Waals surface area (Å²) in [5, 5.41) is 3.34. The van der Waals surface area contributed by atoms with E-state index in [0.29, 0.717) is 18.0 Å². The van der Waals surface area contributed by atoms with Crippen molar-refractivity contribution in [2.45, 2.75) is 20.0 Å². The smallest absolute Gasteiger partial charge is 0.194 e. The van der Waals surface area contributed by atoms with Crippen molar-refractivity contribution in [3.63, 3.8) is 0 Å². The first-order chi connectivity index (χ1) is 13.0. The van der Waals surface area contributed by atoms with Crippen LogP contribution in [0.1, 0.15) is 18.2 Å². The molecule has 0 aliphatic rings. The van der Waals surface area contributed by atoms with Gasteiger partial charge in [-0.15, -0.1) is 0 Å². The van der Waals surface area contributed by atoms with Gasteiger partial charge in [0, 0.05) is 44.2 Å². The molecule has 148 valence electrons. The molecular formula is C20H30N4O3. The highest BCUT2D eigenvalue weighted by molar-refractivity contribution is 5.79. The number of guanidine groups is 1. The molecule has 0 amide bonds. The number of aromatic nitrogens is 1. The summed E-state index contributed by atoms with van der Waals surface area (Å²) >= 11 is 0. The maximum atomic E-state index is 5.50. The number of aryl methyl sites for hydroxylation is 1. The molecule has 0 radical (unpaired) electrons. The molecule has 0 unspecified atom stereocenters. The minimum atomic E-state index is 0.462. The van der Waals surface area contributed by atoms with Crippen molar-refractivity contribution in [3.05, 3.63) is 41.7 Å². The van der Waals surface area contributed by atoms with Crippen LogP contribution in [0.2, 0.25) is 0 Å². The first-order valence-electron chi connectivity index (χ1n) is 8.92. The lowest BCUT2D eigenvalue weighted by molar-refractivity contribution is 0.347. The summed E-state index contributed by atoms with van der Waals surface area (Å²) in [6.45, 7) is 4.07. The van der Waals surface area contributed by atoms with Crippen LogP contribution in [0.5, 0.6) is 17.2 Å². The lowest BCUT2D eigenvalue weighted by Gasteiger charge is -2.22. The third kappa shape index (κ3) is 5.09. The Morgan fingerprint density at radius 3 is 2.33 bits per heavy atom. The molecule has 0 saturated carbocycles. The Labute approximate surface area is 161 Å². The molecule has 0 aliphatic carbocycles. The topological polar surface area (TPSA) is 60.3 Å². The van der Waals surface area contributed by atoms with Crippen molar-refractivity contribution in [2.24, 2.45) is 12.0 Å². The summed E-state index contributed by atoms with van der Waals surface area (Å²) in [6, 6.07) is 7.88. The highest BCUT2D eigenvalue weighted by Gasteiger charge is 2.13. The zero-order chi connectivity index (χ0) is 19.8. The minimum Gasteiger partial charge on any atom is -0.496 e. The second-order valence-corrected chi connectivity index (χ2v) is 6.16. The Morgan fingerprint density at radius 2 is 1.78 bits per heavy atom. The van der Waals surface area contributed by atoms with E-state index in [1.807, 2.05) is 38.5 Å². The minimum absolute atomic E-state index is 0.462. The molecule has 1 heterocycles. The number of methoxy groups -OCH3 is 3. The molecule has 0 bridgehead atoms. The van der Waals surface area contributed by atoms with Gasteiger partial charge in [-0.05, 0) is 25.1 Å². The molecule has 7 nitrogen and oxygen atoms in total. The Balaban J connectivity index is 2.24. The SMILES string of the molecule is CCNC(=NCc1cc(OC)c(OC)cc1OC)N(C)Cc1cccn1C. The van der Waals surface area contributed by atoms with Crippen LogP contribution >= 0.6 is 0 Å². The van der Waals surface area contributed by atoms with Gasteiger partial charge < -0.3 is 29.0 Å². The van der Waals surface area contributed by atoms with Crippen LogP contribution in [-0.4, -0.2) is 50.3 Å². The fourth-order valence-corrected chi connectivity index (χ4v) is 2.82. The summed E-state index contributed by atoms with van der Waals surface area (Å²) < 4.78 is 18.4. The fraction of sp³-hybridized carbons (Fsp3) is 0.450. The molecule has 0 spiro atoms. The van der Waals surface area contributed by atoms with Gasteiger partial charge in [-0.2, -0.15) is 0 Å². The van der Waals surface area contributed by atoms with E-state index in [2.05, 4.69) is 27.8 Å². The van der Waals surface area contributed by atoms with E-state index in [0.717, 1.165) is 30.4 Å². The van der Waals surface area contributed by atoms with Crippen molar-refractivity contribution < 1.29 is 14.2 Å². The molecular weight excluding hydrogens is 344 g/mol. The van der Waals surface area contributed by atoms with E-state index in [9.17, 15) is 0 Å². The monoisotopic (exact) mass is 374 g/mol. The van der Waals surface area contributed by atoms with Crippen LogP contribution in [0.25, 0.3) is 0 Å². The maximum absolute atomic E-state index is 5.50. The van der Waals surface area contributed by atoms with E-state index in [4.69, 9.17) is 19.2 Å². The van der Waals surface area contributed by atoms with Gasteiger partial charge in [-0.3, -0.25) is 0 Å². The summed E-state index contributed by atoms with van der Waals surface area (Å²) in [4.78, 5) is 6.88. The molecule has 1 aromatic heterocycles. The van der Waals surface area contributed by atoms with Gasteiger partial charge >= 0.3 is 0 Å². The second-order valence-electron chi connectivity index (χ2n) is 6.16. The number of hydrogen-bond donors (Lipinski definition) is 1. The van der Waals surface area contributed by atoms with Gasteiger partial charge in [-0.25, -0.2) is 4.99 Å². The summed E-state index contributed by atoms with van der Waals surface area (Å²) in [5.74, 6) is 2.84. The van der Waals surface area contributed by atoms with Crippen LogP contribution < -0.4 is 19.5 Å². The lowest BCUT2D eigenvalue weighted by Crippen LogP contribution is -2.38. The number of nitrogens with zero attached hydrogens (tertiary/aromatic N) is 3. The molecule has 1 N–H and O–H groups in total. The highest BCUT2D eigenvalue weighted by Crippen LogP contribution is 2.34. The number of hydrogen-bond acceptors (Lipinski definition) is 4. The molecule has 0 saturated heterocycles. The van der Waals surface area contributed by atoms with Crippen molar-refractivity contribution >= 4 is 5.96 Å². The molecule has 7 heteroatoms. The summed E-state index contributed by atoms with van der Waals surface area (Å²) in [7, 11) is 8.94. The third-order valence-electron chi connectivity index (χ3n) is 4.33. The lowest BCUT2D eigenvalue weighted by atomic mass is 10.1. The number of benzene rings is 1. The average molecular weight is 374 g/mol. The predicted molar refractivity (Wildman–Crippen MR) is 108 cm³/mol. The Hall–Kier alpha value is -2.83. The van der Waals surface area contributed by atoms with Crippen LogP contribution in [0, 0.1) is 0 Å². The number of nitrogens with one attached hydrogen (secondary N) is 1. The fourth-order valence-electron chi connectivity index (χ4n) is 2.82.